The first-order valence-electron chi connectivity index (χ1n) is 7.08. The highest BCUT2D eigenvalue weighted by atomic mass is 32.1. The Kier molecular flexibility index (Phi) is 5.60. The molecular weight excluding hydrogens is 272 g/mol. The number of hydrogen-bond acceptors (Lipinski definition) is 5. The number of anilines is 1. The second-order valence-corrected chi connectivity index (χ2v) is 5.80. The molecule has 0 aliphatic carbocycles. The summed E-state index contributed by atoms with van der Waals surface area (Å²) < 4.78 is 0. The molecule has 1 aliphatic rings. The molecule has 6 nitrogen and oxygen atoms in total. The molecule has 2 N–H and O–H groups in total. The number of thiazole rings is 1. The van der Waals surface area contributed by atoms with E-state index in [1.54, 1.807) is 11.3 Å². The maximum atomic E-state index is 6.07. The van der Waals surface area contributed by atoms with Crippen LogP contribution in [-0.2, 0) is 0 Å². The number of rotatable bonds is 5. The van der Waals surface area contributed by atoms with Crippen LogP contribution in [0.15, 0.2) is 16.6 Å². The smallest absolute Gasteiger partial charge is 0.191 e. The second kappa shape index (κ2) is 7.44. The number of nitrogens with zero attached hydrogens (tertiary/aromatic N) is 5. The maximum Gasteiger partial charge on any atom is 0.191 e. The van der Waals surface area contributed by atoms with Crippen LogP contribution < -0.4 is 10.6 Å². The molecule has 1 aliphatic heterocycles. The zero-order valence-electron chi connectivity index (χ0n) is 12.3. The van der Waals surface area contributed by atoms with Crippen molar-refractivity contribution in [2.45, 2.75) is 6.92 Å². The SMILES string of the molecule is CCN(C)CCN=C(N)N1CCN(c2nccs2)CC1. The summed E-state index contributed by atoms with van der Waals surface area (Å²) in [4.78, 5) is 15.5. The Morgan fingerprint density at radius 3 is 2.80 bits per heavy atom. The average Bonchev–Trinajstić information content (AvgIpc) is 3.01. The highest BCUT2D eigenvalue weighted by Crippen LogP contribution is 2.18. The Hall–Kier alpha value is -1.34. The molecule has 1 aromatic heterocycles. The van der Waals surface area contributed by atoms with Crippen LogP contribution in [0.1, 0.15) is 6.92 Å². The number of hydrogen-bond donors (Lipinski definition) is 1. The number of likely N-dealkylation sites (N-methyl/N-ethyl adjacent to an activating group) is 1. The van der Waals surface area contributed by atoms with Gasteiger partial charge in [-0.2, -0.15) is 0 Å². The first-order valence-corrected chi connectivity index (χ1v) is 7.96. The predicted octanol–water partition coefficient (Wildman–Crippen LogP) is 0.532. The van der Waals surface area contributed by atoms with Crippen LogP contribution in [0.2, 0.25) is 0 Å². The molecule has 0 saturated carbocycles. The summed E-state index contributed by atoms with van der Waals surface area (Å²) in [6.07, 6.45) is 1.85. The van der Waals surface area contributed by atoms with Gasteiger partial charge in [0.25, 0.3) is 0 Å². The summed E-state index contributed by atoms with van der Waals surface area (Å²) in [5.41, 5.74) is 6.07. The van der Waals surface area contributed by atoms with Gasteiger partial charge in [0, 0.05) is 44.3 Å². The zero-order valence-corrected chi connectivity index (χ0v) is 13.1. The fraction of sp³-hybridized carbons (Fsp3) is 0.692. The van der Waals surface area contributed by atoms with Gasteiger partial charge < -0.3 is 20.4 Å². The van der Waals surface area contributed by atoms with E-state index in [-0.39, 0.29) is 0 Å². The van der Waals surface area contributed by atoms with E-state index >= 15 is 0 Å². The van der Waals surface area contributed by atoms with E-state index < -0.39 is 0 Å². The lowest BCUT2D eigenvalue weighted by Crippen LogP contribution is -2.51. The van der Waals surface area contributed by atoms with Crippen molar-refractivity contribution >= 4 is 22.4 Å². The van der Waals surface area contributed by atoms with Crippen LogP contribution in [0.25, 0.3) is 0 Å². The molecule has 0 spiro atoms. The van der Waals surface area contributed by atoms with Gasteiger partial charge in [0.05, 0.1) is 6.54 Å². The van der Waals surface area contributed by atoms with Crippen LogP contribution in [-0.4, -0.2) is 73.6 Å². The van der Waals surface area contributed by atoms with Gasteiger partial charge in [-0.25, -0.2) is 4.98 Å². The monoisotopic (exact) mass is 296 g/mol. The molecule has 1 fully saturated rings. The second-order valence-electron chi connectivity index (χ2n) is 4.92. The molecule has 112 valence electrons. The van der Waals surface area contributed by atoms with Gasteiger partial charge in [-0.3, -0.25) is 4.99 Å². The van der Waals surface area contributed by atoms with Crippen molar-refractivity contribution in [2.24, 2.45) is 10.7 Å². The van der Waals surface area contributed by atoms with E-state index in [2.05, 4.69) is 38.6 Å². The molecular formula is C13H24N6S. The molecule has 0 radical (unpaired) electrons. The summed E-state index contributed by atoms with van der Waals surface area (Å²) >= 11 is 1.69. The molecule has 2 heterocycles. The normalized spacial score (nSPS) is 17.1. The average molecular weight is 296 g/mol. The molecule has 2 rings (SSSR count). The minimum atomic E-state index is 0.674. The topological polar surface area (TPSA) is 61.0 Å². The first kappa shape index (κ1) is 15.1. The van der Waals surface area contributed by atoms with E-state index in [0.717, 1.165) is 50.9 Å². The van der Waals surface area contributed by atoms with E-state index in [1.165, 1.54) is 0 Å². The first-order chi connectivity index (χ1) is 9.70. The quantitative estimate of drug-likeness (QED) is 0.634. The van der Waals surface area contributed by atoms with Crippen molar-refractivity contribution in [3.63, 3.8) is 0 Å². The number of piperazine rings is 1. The van der Waals surface area contributed by atoms with E-state index in [1.807, 2.05) is 11.6 Å². The highest BCUT2D eigenvalue weighted by Gasteiger charge is 2.19. The zero-order chi connectivity index (χ0) is 14.4. The van der Waals surface area contributed by atoms with Crippen LogP contribution in [0.5, 0.6) is 0 Å². The largest absolute Gasteiger partial charge is 0.370 e. The van der Waals surface area contributed by atoms with Crippen molar-refractivity contribution in [3.05, 3.63) is 11.6 Å². The third-order valence-electron chi connectivity index (χ3n) is 3.59. The molecule has 0 unspecified atom stereocenters. The van der Waals surface area contributed by atoms with E-state index in [0.29, 0.717) is 5.96 Å². The van der Waals surface area contributed by atoms with Crippen molar-refractivity contribution < 1.29 is 0 Å². The van der Waals surface area contributed by atoms with Gasteiger partial charge in [-0.05, 0) is 13.6 Å². The number of guanidine groups is 1. The van der Waals surface area contributed by atoms with Crippen molar-refractivity contribution in [1.82, 2.24) is 14.8 Å². The van der Waals surface area contributed by atoms with Gasteiger partial charge >= 0.3 is 0 Å². The van der Waals surface area contributed by atoms with Gasteiger partial charge in [0.1, 0.15) is 0 Å². The number of aromatic nitrogens is 1. The van der Waals surface area contributed by atoms with Crippen LogP contribution >= 0.6 is 11.3 Å². The molecule has 1 aromatic rings. The molecule has 7 heteroatoms. The molecule has 0 bridgehead atoms. The molecule has 1 saturated heterocycles. The molecule has 0 atom stereocenters. The Bertz CT molecular complexity index is 411. The van der Waals surface area contributed by atoms with E-state index in [9.17, 15) is 0 Å². The van der Waals surface area contributed by atoms with Gasteiger partial charge in [0.15, 0.2) is 11.1 Å². The maximum absolute atomic E-state index is 6.07. The summed E-state index contributed by atoms with van der Waals surface area (Å²) in [5.74, 6) is 0.674. The Balaban J connectivity index is 1.76. The van der Waals surface area contributed by atoms with Crippen molar-refractivity contribution in [2.75, 3.05) is 57.8 Å². The fourth-order valence-corrected chi connectivity index (χ4v) is 2.79. The van der Waals surface area contributed by atoms with Crippen LogP contribution in [0.4, 0.5) is 5.13 Å². The molecule has 0 aromatic carbocycles. The summed E-state index contributed by atoms with van der Waals surface area (Å²) in [6, 6.07) is 0. The lowest BCUT2D eigenvalue weighted by atomic mass is 10.3. The minimum Gasteiger partial charge on any atom is -0.370 e. The highest BCUT2D eigenvalue weighted by molar-refractivity contribution is 7.13. The lowest BCUT2D eigenvalue weighted by molar-refractivity contribution is 0.357. The fourth-order valence-electron chi connectivity index (χ4n) is 2.09. The van der Waals surface area contributed by atoms with Gasteiger partial charge in [-0.1, -0.05) is 6.92 Å². The van der Waals surface area contributed by atoms with Crippen molar-refractivity contribution in [1.29, 1.82) is 0 Å². The Morgan fingerprint density at radius 1 is 1.45 bits per heavy atom. The van der Waals surface area contributed by atoms with Gasteiger partial charge in [0.2, 0.25) is 0 Å². The summed E-state index contributed by atoms with van der Waals surface area (Å²) in [6.45, 7) is 8.65. The third-order valence-corrected chi connectivity index (χ3v) is 4.42. The van der Waals surface area contributed by atoms with E-state index in [4.69, 9.17) is 5.73 Å². The lowest BCUT2D eigenvalue weighted by Gasteiger charge is -2.35. The molecule has 0 amide bonds. The molecule has 20 heavy (non-hydrogen) atoms. The Labute approximate surface area is 124 Å². The van der Waals surface area contributed by atoms with Gasteiger partial charge in [-0.15, -0.1) is 11.3 Å². The summed E-state index contributed by atoms with van der Waals surface area (Å²) in [7, 11) is 2.10. The standard InChI is InChI=1S/C13H24N6S/c1-3-17(2)6-4-15-12(14)18-7-9-19(10-8-18)13-16-5-11-20-13/h5,11H,3-4,6-10H2,1-2H3,(H2,14,15). The number of nitrogens with two attached hydrogens (primary N) is 1. The Morgan fingerprint density at radius 2 is 2.20 bits per heavy atom. The van der Waals surface area contributed by atoms with Crippen molar-refractivity contribution in [3.8, 4) is 0 Å². The summed E-state index contributed by atoms with van der Waals surface area (Å²) in [5, 5.41) is 3.12. The minimum absolute atomic E-state index is 0.674. The van der Waals surface area contributed by atoms with Crippen LogP contribution in [0, 0.1) is 0 Å². The third kappa shape index (κ3) is 4.08. The number of aliphatic imine (C=N–C) groups is 1. The predicted molar refractivity (Wildman–Crippen MR) is 85.6 cm³/mol. The van der Waals surface area contributed by atoms with Crippen LogP contribution in [0.3, 0.4) is 0 Å².